The van der Waals surface area contributed by atoms with Crippen molar-refractivity contribution in [3.8, 4) is 5.75 Å². The third-order valence-corrected chi connectivity index (χ3v) is 4.47. The Bertz CT molecular complexity index is 801. The van der Waals surface area contributed by atoms with Gasteiger partial charge in [-0.25, -0.2) is 0 Å². The number of hydrogen-bond acceptors (Lipinski definition) is 7. The van der Waals surface area contributed by atoms with E-state index >= 15 is 0 Å². The lowest BCUT2D eigenvalue weighted by Crippen LogP contribution is -2.60. The molecule has 4 N–H and O–H groups in total. The molecule has 1 fully saturated rings. The highest BCUT2D eigenvalue weighted by atomic mass is 16.7. The molecule has 5 atom stereocenters. The topological polar surface area (TPSA) is 116 Å². The molecule has 5 unspecified atom stereocenters. The third-order valence-electron chi connectivity index (χ3n) is 4.47. The van der Waals surface area contributed by atoms with E-state index in [1.54, 1.807) is 18.2 Å². The third kappa shape index (κ3) is 4.64. The first kappa shape index (κ1) is 20.2. The van der Waals surface area contributed by atoms with Gasteiger partial charge < -0.3 is 29.9 Å². The summed E-state index contributed by atoms with van der Waals surface area (Å²) in [6.07, 6.45) is -3.57. The Labute approximate surface area is 162 Å². The number of allylic oxidation sites excluding steroid dienone is 1. The van der Waals surface area contributed by atoms with Gasteiger partial charge in [-0.2, -0.15) is 0 Å². The monoisotopic (exact) mass is 386 g/mol. The molecule has 1 saturated heterocycles. The summed E-state index contributed by atoms with van der Waals surface area (Å²) in [7, 11) is 0. The fourth-order valence-electron chi connectivity index (χ4n) is 2.83. The van der Waals surface area contributed by atoms with Crippen LogP contribution in [0, 0.1) is 0 Å². The lowest BCUT2D eigenvalue weighted by molar-refractivity contribution is -0.277. The van der Waals surface area contributed by atoms with Crippen molar-refractivity contribution in [2.75, 3.05) is 6.61 Å². The largest absolute Gasteiger partial charge is 0.462 e. The molecule has 2 aromatic rings. The molecule has 28 heavy (non-hydrogen) atoms. The second kappa shape index (κ2) is 9.09. The lowest BCUT2D eigenvalue weighted by Gasteiger charge is -2.39. The number of benzene rings is 2. The van der Waals surface area contributed by atoms with Crippen LogP contribution in [0.1, 0.15) is 15.9 Å². The Kier molecular flexibility index (Phi) is 6.56. The van der Waals surface area contributed by atoms with Crippen LogP contribution in [0.5, 0.6) is 5.75 Å². The van der Waals surface area contributed by atoms with Crippen molar-refractivity contribution < 1.29 is 34.7 Å². The molecule has 2 aromatic carbocycles. The number of carbonyl (C=O) groups is 1. The van der Waals surface area contributed by atoms with Crippen molar-refractivity contribution in [3.63, 3.8) is 0 Å². The first-order chi connectivity index (χ1) is 13.5. The summed E-state index contributed by atoms with van der Waals surface area (Å²) in [6, 6.07) is 15.6. The fraction of sp³-hybridized carbons (Fsp3) is 0.286. The van der Waals surface area contributed by atoms with Gasteiger partial charge in [-0.15, -0.1) is 0 Å². The molecule has 3 rings (SSSR count). The Balaban J connectivity index is 1.64. The SMILES string of the molecule is O=C(/C=C/c1ccccc1)c1ccc(OC2OC(CO)C(O)C(O)C2O)cc1. The summed E-state index contributed by atoms with van der Waals surface area (Å²) in [5, 5.41) is 38.8. The highest BCUT2D eigenvalue weighted by molar-refractivity contribution is 6.06. The minimum atomic E-state index is -1.51. The molecule has 1 aliphatic rings. The maximum atomic E-state index is 12.3. The van der Waals surface area contributed by atoms with Gasteiger partial charge in [-0.05, 0) is 35.9 Å². The van der Waals surface area contributed by atoms with Crippen LogP contribution in [0.25, 0.3) is 6.08 Å². The van der Waals surface area contributed by atoms with Gasteiger partial charge in [0.1, 0.15) is 30.2 Å². The van der Waals surface area contributed by atoms with Gasteiger partial charge in [-0.1, -0.05) is 36.4 Å². The van der Waals surface area contributed by atoms with E-state index in [4.69, 9.17) is 9.47 Å². The second-order valence-electron chi connectivity index (χ2n) is 6.45. The molecule has 1 aliphatic heterocycles. The summed E-state index contributed by atoms with van der Waals surface area (Å²) >= 11 is 0. The summed E-state index contributed by atoms with van der Waals surface area (Å²) in [5.41, 5.74) is 1.37. The molecule has 0 aliphatic carbocycles. The highest BCUT2D eigenvalue weighted by Crippen LogP contribution is 2.24. The highest BCUT2D eigenvalue weighted by Gasteiger charge is 2.44. The molecule has 0 spiro atoms. The van der Waals surface area contributed by atoms with Gasteiger partial charge in [0, 0.05) is 5.56 Å². The van der Waals surface area contributed by atoms with E-state index in [2.05, 4.69) is 0 Å². The van der Waals surface area contributed by atoms with Crippen molar-refractivity contribution in [1.82, 2.24) is 0 Å². The van der Waals surface area contributed by atoms with Gasteiger partial charge in [0.25, 0.3) is 0 Å². The predicted molar refractivity (Wildman–Crippen MR) is 101 cm³/mol. The minimum absolute atomic E-state index is 0.178. The number of aliphatic hydroxyl groups is 4. The van der Waals surface area contributed by atoms with Gasteiger partial charge in [-0.3, -0.25) is 4.79 Å². The average molecular weight is 386 g/mol. The number of ketones is 1. The standard InChI is InChI=1S/C21H22O7/c22-12-17-18(24)19(25)20(26)21(28-17)27-15-9-7-14(8-10-15)16(23)11-6-13-4-2-1-3-5-13/h1-11,17-22,24-26H,12H2/b11-6+. The minimum Gasteiger partial charge on any atom is -0.462 e. The zero-order chi connectivity index (χ0) is 20.1. The van der Waals surface area contributed by atoms with Gasteiger partial charge in [0.2, 0.25) is 6.29 Å². The van der Waals surface area contributed by atoms with Crippen molar-refractivity contribution in [1.29, 1.82) is 0 Å². The molecule has 0 bridgehead atoms. The smallest absolute Gasteiger partial charge is 0.229 e. The van der Waals surface area contributed by atoms with Crippen LogP contribution in [-0.4, -0.2) is 63.5 Å². The Morgan fingerprint density at radius 3 is 2.29 bits per heavy atom. The van der Waals surface area contributed by atoms with Crippen LogP contribution in [-0.2, 0) is 4.74 Å². The predicted octanol–water partition coefficient (Wildman–Crippen LogP) is 0.761. The summed E-state index contributed by atoms with van der Waals surface area (Å²) < 4.78 is 10.8. The number of ether oxygens (including phenoxy) is 2. The van der Waals surface area contributed by atoms with Crippen LogP contribution in [0.15, 0.2) is 60.7 Å². The van der Waals surface area contributed by atoms with Crippen molar-refractivity contribution in [2.45, 2.75) is 30.7 Å². The summed E-state index contributed by atoms with van der Waals surface area (Å²) in [5.74, 6) is 0.121. The van der Waals surface area contributed by atoms with E-state index in [1.165, 1.54) is 18.2 Å². The second-order valence-corrected chi connectivity index (χ2v) is 6.45. The van der Waals surface area contributed by atoms with E-state index in [9.17, 15) is 25.2 Å². The number of carbonyl (C=O) groups excluding carboxylic acids is 1. The van der Waals surface area contributed by atoms with Crippen molar-refractivity contribution in [3.05, 3.63) is 71.8 Å². The Morgan fingerprint density at radius 2 is 1.64 bits per heavy atom. The van der Waals surface area contributed by atoms with E-state index in [0.717, 1.165) is 5.56 Å². The zero-order valence-corrected chi connectivity index (χ0v) is 15.0. The van der Waals surface area contributed by atoms with Crippen LogP contribution >= 0.6 is 0 Å². The van der Waals surface area contributed by atoms with Gasteiger partial charge in [0.05, 0.1) is 6.61 Å². The molecule has 0 amide bonds. The Hall–Kier alpha value is -2.55. The average Bonchev–Trinajstić information content (AvgIpc) is 2.73. The lowest BCUT2D eigenvalue weighted by atomic mass is 9.99. The number of hydrogen-bond donors (Lipinski definition) is 4. The molecule has 0 radical (unpaired) electrons. The molecule has 7 heteroatoms. The molecule has 1 heterocycles. The Morgan fingerprint density at radius 1 is 0.964 bits per heavy atom. The number of aliphatic hydroxyl groups excluding tert-OH is 4. The van der Waals surface area contributed by atoms with Crippen LogP contribution in [0.2, 0.25) is 0 Å². The molecule has 7 nitrogen and oxygen atoms in total. The normalized spacial score (nSPS) is 27.6. The summed E-state index contributed by atoms with van der Waals surface area (Å²) in [4.78, 5) is 12.3. The van der Waals surface area contributed by atoms with E-state index < -0.39 is 37.3 Å². The van der Waals surface area contributed by atoms with E-state index in [0.29, 0.717) is 11.3 Å². The van der Waals surface area contributed by atoms with Crippen molar-refractivity contribution >= 4 is 11.9 Å². The van der Waals surface area contributed by atoms with Gasteiger partial charge >= 0.3 is 0 Å². The quantitative estimate of drug-likeness (QED) is 0.428. The molecular formula is C21H22O7. The van der Waals surface area contributed by atoms with Crippen LogP contribution < -0.4 is 4.74 Å². The zero-order valence-electron chi connectivity index (χ0n) is 15.0. The molecular weight excluding hydrogens is 364 g/mol. The summed E-state index contributed by atoms with van der Waals surface area (Å²) in [6.45, 7) is -0.536. The van der Waals surface area contributed by atoms with E-state index in [-0.39, 0.29) is 5.78 Å². The molecule has 0 saturated carbocycles. The molecule has 148 valence electrons. The first-order valence-electron chi connectivity index (χ1n) is 8.84. The van der Waals surface area contributed by atoms with Crippen molar-refractivity contribution in [2.24, 2.45) is 0 Å². The van der Waals surface area contributed by atoms with Crippen LogP contribution in [0.4, 0.5) is 0 Å². The van der Waals surface area contributed by atoms with E-state index in [1.807, 2.05) is 30.3 Å². The van der Waals surface area contributed by atoms with Crippen LogP contribution in [0.3, 0.4) is 0 Å². The fourth-order valence-corrected chi connectivity index (χ4v) is 2.83. The first-order valence-corrected chi connectivity index (χ1v) is 8.84. The number of rotatable bonds is 6. The van der Waals surface area contributed by atoms with Gasteiger partial charge in [0.15, 0.2) is 5.78 Å². The molecule has 0 aromatic heterocycles. The maximum Gasteiger partial charge on any atom is 0.229 e. The maximum absolute atomic E-state index is 12.3.